The zero-order chi connectivity index (χ0) is 11.6. The summed E-state index contributed by atoms with van der Waals surface area (Å²) in [4.78, 5) is -0.393. The van der Waals surface area contributed by atoms with Crippen molar-refractivity contribution in [2.45, 2.75) is 48.2 Å². The van der Waals surface area contributed by atoms with Crippen LogP contribution in [0.1, 0.15) is 33.6 Å². The van der Waals surface area contributed by atoms with E-state index in [1.54, 1.807) is 0 Å². The molecule has 0 aliphatic heterocycles. The van der Waals surface area contributed by atoms with Crippen LogP contribution in [0, 0.1) is 0 Å². The molecule has 0 heterocycles. The van der Waals surface area contributed by atoms with Gasteiger partial charge in [0, 0.05) is 9.31 Å². The second-order valence-corrected chi connectivity index (χ2v) is 8.04. The SMILES string of the molecule is C=C(Br)C(C)(Cl)CCC(Br)C(C)(C)Cl. The largest absolute Gasteiger partial charge is 0.119 e. The van der Waals surface area contributed by atoms with Crippen LogP contribution >= 0.6 is 55.1 Å². The number of allylic oxidation sites excluding steroid dienone is 1. The molecule has 0 amide bonds. The minimum Gasteiger partial charge on any atom is -0.119 e. The van der Waals surface area contributed by atoms with Crippen LogP contribution in [-0.2, 0) is 0 Å². The highest BCUT2D eigenvalue weighted by Gasteiger charge is 2.29. The van der Waals surface area contributed by atoms with Crippen molar-refractivity contribution in [2.75, 3.05) is 0 Å². The van der Waals surface area contributed by atoms with Crippen LogP contribution in [0.15, 0.2) is 11.1 Å². The molecule has 0 spiro atoms. The van der Waals surface area contributed by atoms with Crippen molar-refractivity contribution in [2.24, 2.45) is 0 Å². The van der Waals surface area contributed by atoms with Crippen molar-refractivity contribution in [1.29, 1.82) is 0 Å². The van der Waals surface area contributed by atoms with Crippen molar-refractivity contribution in [3.8, 4) is 0 Å². The maximum Gasteiger partial charge on any atom is 0.0726 e. The first-order valence-corrected chi connectivity index (χ1v) is 6.90. The van der Waals surface area contributed by atoms with E-state index < -0.39 is 4.87 Å². The Hall–Kier alpha value is 1.28. The molecule has 0 aromatic heterocycles. The van der Waals surface area contributed by atoms with Crippen LogP contribution in [-0.4, -0.2) is 14.6 Å². The number of halogens is 4. The summed E-state index contributed by atoms with van der Waals surface area (Å²) in [7, 11) is 0. The third-order valence-electron chi connectivity index (χ3n) is 2.18. The molecule has 0 rings (SSSR count). The number of rotatable bonds is 5. The molecule has 0 N–H and O–H groups in total. The van der Waals surface area contributed by atoms with Crippen molar-refractivity contribution >= 4 is 55.1 Å². The lowest BCUT2D eigenvalue weighted by Gasteiger charge is -2.27. The molecular weight excluding hydrogens is 351 g/mol. The lowest BCUT2D eigenvalue weighted by molar-refractivity contribution is 0.556. The summed E-state index contributed by atoms with van der Waals surface area (Å²) < 4.78 is 0.818. The van der Waals surface area contributed by atoms with Crippen LogP contribution in [0.25, 0.3) is 0 Å². The second kappa shape index (κ2) is 5.56. The zero-order valence-electron chi connectivity index (χ0n) is 8.71. The molecule has 0 aliphatic rings. The Kier molecular flexibility index (Phi) is 6.07. The van der Waals surface area contributed by atoms with Crippen molar-refractivity contribution in [3.05, 3.63) is 11.1 Å². The van der Waals surface area contributed by atoms with Crippen molar-refractivity contribution in [3.63, 3.8) is 0 Å². The highest BCUT2D eigenvalue weighted by Crippen LogP contribution is 2.36. The van der Waals surface area contributed by atoms with Gasteiger partial charge in [-0.15, -0.1) is 23.2 Å². The highest BCUT2D eigenvalue weighted by atomic mass is 79.9. The van der Waals surface area contributed by atoms with Gasteiger partial charge in [0.25, 0.3) is 0 Å². The van der Waals surface area contributed by atoms with Crippen molar-refractivity contribution < 1.29 is 0 Å². The molecule has 0 fully saturated rings. The van der Waals surface area contributed by atoms with E-state index in [0.717, 1.165) is 17.3 Å². The lowest BCUT2D eigenvalue weighted by atomic mass is 9.98. The number of hydrogen-bond acceptors (Lipinski definition) is 0. The van der Waals surface area contributed by atoms with Gasteiger partial charge in [0.15, 0.2) is 0 Å². The highest BCUT2D eigenvalue weighted by molar-refractivity contribution is 9.11. The van der Waals surface area contributed by atoms with E-state index >= 15 is 0 Å². The topological polar surface area (TPSA) is 0 Å². The molecule has 0 saturated heterocycles. The maximum absolute atomic E-state index is 6.25. The van der Waals surface area contributed by atoms with Gasteiger partial charge in [-0.3, -0.25) is 0 Å². The fraction of sp³-hybridized carbons (Fsp3) is 0.800. The number of alkyl halides is 3. The first kappa shape index (κ1) is 15.3. The Bertz CT molecular complexity index is 207. The Labute approximate surface area is 114 Å². The lowest BCUT2D eigenvalue weighted by Crippen LogP contribution is -2.27. The molecule has 2 atom stereocenters. The van der Waals surface area contributed by atoms with Gasteiger partial charge in [0.1, 0.15) is 0 Å². The van der Waals surface area contributed by atoms with Crippen molar-refractivity contribution in [1.82, 2.24) is 0 Å². The van der Waals surface area contributed by atoms with Gasteiger partial charge in [-0.1, -0.05) is 38.4 Å². The Morgan fingerprint density at radius 3 is 2.07 bits per heavy atom. The summed E-state index contributed by atoms with van der Waals surface area (Å²) in [5, 5.41) is 0. The van der Waals surface area contributed by atoms with Gasteiger partial charge >= 0.3 is 0 Å². The van der Waals surface area contributed by atoms with Gasteiger partial charge in [-0.05, 0) is 33.6 Å². The fourth-order valence-electron chi connectivity index (χ4n) is 0.877. The van der Waals surface area contributed by atoms with E-state index in [1.807, 2.05) is 20.8 Å². The normalized spacial score (nSPS) is 18.8. The molecule has 0 bridgehead atoms. The smallest absolute Gasteiger partial charge is 0.0726 e. The first-order chi connectivity index (χ1) is 6.07. The van der Waals surface area contributed by atoms with E-state index in [2.05, 4.69) is 38.4 Å². The predicted molar refractivity (Wildman–Crippen MR) is 74.2 cm³/mol. The van der Waals surface area contributed by atoms with Gasteiger partial charge in [0.05, 0.1) is 9.75 Å². The standard InChI is InChI=1S/C10H16Br2Cl2/c1-7(11)10(4,14)6-5-8(12)9(2,3)13/h8H,1,5-6H2,2-4H3. The Morgan fingerprint density at radius 2 is 1.79 bits per heavy atom. The molecular formula is C10H16Br2Cl2. The predicted octanol–water partition coefficient (Wildman–Crippen LogP) is 5.45. The van der Waals surface area contributed by atoms with Crippen LogP contribution in [0.4, 0.5) is 0 Å². The van der Waals surface area contributed by atoms with Gasteiger partial charge < -0.3 is 0 Å². The molecule has 0 aromatic rings. The van der Waals surface area contributed by atoms with E-state index in [0.29, 0.717) is 0 Å². The molecule has 0 aromatic carbocycles. The Balaban J connectivity index is 4.13. The molecule has 0 saturated carbocycles. The van der Waals surface area contributed by atoms with Gasteiger partial charge in [0.2, 0.25) is 0 Å². The average molecular weight is 367 g/mol. The minimum absolute atomic E-state index is 0.249. The van der Waals surface area contributed by atoms with Gasteiger partial charge in [-0.2, -0.15) is 0 Å². The average Bonchev–Trinajstić information content (AvgIpc) is 1.98. The molecule has 0 aliphatic carbocycles. The monoisotopic (exact) mass is 364 g/mol. The molecule has 0 radical (unpaired) electrons. The minimum atomic E-state index is -0.395. The van der Waals surface area contributed by atoms with E-state index in [1.165, 1.54) is 0 Å². The van der Waals surface area contributed by atoms with Crippen LogP contribution in [0.3, 0.4) is 0 Å². The summed E-state index contributed by atoms with van der Waals surface area (Å²) in [5.74, 6) is 0. The molecule has 14 heavy (non-hydrogen) atoms. The first-order valence-electron chi connectivity index (χ1n) is 4.44. The quantitative estimate of drug-likeness (QED) is 0.567. The number of hydrogen-bond donors (Lipinski definition) is 0. The fourth-order valence-corrected chi connectivity index (χ4v) is 1.52. The summed E-state index contributed by atoms with van der Waals surface area (Å²) in [6.07, 6.45) is 1.76. The van der Waals surface area contributed by atoms with Crippen LogP contribution < -0.4 is 0 Å². The van der Waals surface area contributed by atoms with E-state index in [9.17, 15) is 0 Å². The van der Waals surface area contributed by atoms with Gasteiger partial charge in [-0.25, -0.2) is 0 Å². The summed E-state index contributed by atoms with van der Waals surface area (Å²) >= 11 is 19.3. The van der Waals surface area contributed by atoms with E-state index in [4.69, 9.17) is 23.2 Å². The third kappa shape index (κ3) is 5.39. The molecule has 2 unspecified atom stereocenters. The summed E-state index contributed by atoms with van der Waals surface area (Å²) in [5.41, 5.74) is 0. The summed E-state index contributed by atoms with van der Waals surface area (Å²) in [6, 6.07) is 0. The summed E-state index contributed by atoms with van der Waals surface area (Å²) in [6.45, 7) is 9.73. The van der Waals surface area contributed by atoms with Crippen LogP contribution in [0.5, 0.6) is 0 Å². The maximum atomic E-state index is 6.25. The van der Waals surface area contributed by atoms with E-state index in [-0.39, 0.29) is 9.70 Å². The third-order valence-corrected chi connectivity index (χ3v) is 5.83. The van der Waals surface area contributed by atoms with Crippen LogP contribution in [0.2, 0.25) is 0 Å². The zero-order valence-corrected chi connectivity index (χ0v) is 13.4. The Morgan fingerprint density at radius 1 is 1.36 bits per heavy atom. The molecule has 84 valence electrons. The molecule has 4 heteroatoms. The molecule has 0 nitrogen and oxygen atoms in total. The second-order valence-electron chi connectivity index (χ2n) is 4.17.